The maximum Gasteiger partial charge on any atom is 0.252 e. The number of carbonyl (C=O) groups excluding carboxylic acids is 1. The lowest BCUT2D eigenvalue weighted by molar-refractivity contribution is -0.129. The molecular formula is C34H32BrFN2O5. The second-order valence-electron chi connectivity index (χ2n) is 10.1. The van der Waals surface area contributed by atoms with Crippen LogP contribution in [-0.4, -0.2) is 42.8 Å². The highest BCUT2D eigenvalue weighted by atomic mass is 79.9. The largest absolute Gasteiger partial charge is 0.497 e. The van der Waals surface area contributed by atoms with Crippen LogP contribution in [0.25, 0.3) is 0 Å². The molecule has 1 aliphatic heterocycles. The average Bonchev–Trinajstić information content (AvgIpc) is 3.42. The number of ether oxygens (including phenoxy) is 3. The molecule has 0 saturated carbocycles. The maximum atomic E-state index is 14.5. The Kier molecular flexibility index (Phi) is 9.74. The monoisotopic (exact) mass is 646 g/mol. The van der Waals surface area contributed by atoms with E-state index in [1.54, 1.807) is 37.4 Å². The third-order valence-corrected chi connectivity index (χ3v) is 7.74. The molecule has 1 heterocycles. The first-order chi connectivity index (χ1) is 20.9. The van der Waals surface area contributed by atoms with Crippen molar-refractivity contribution < 1.29 is 28.5 Å². The van der Waals surface area contributed by atoms with Crippen LogP contribution in [0.2, 0.25) is 0 Å². The van der Waals surface area contributed by atoms with Crippen molar-refractivity contribution in [2.24, 2.45) is 4.99 Å². The summed E-state index contributed by atoms with van der Waals surface area (Å²) < 4.78 is 33.1. The number of hydrogen-bond donors (Lipinski definition) is 2. The predicted molar refractivity (Wildman–Crippen MR) is 166 cm³/mol. The van der Waals surface area contributed by atoms with E-state index >= 15 is 0 Å². The fourth-order valence-corrected chi connectivity index (χ4v) is 5.24. The first-order valence-corrected chi connectivity index (χ1v) is 14.7. The smallest absolute Gasteiger partial charge is 0.252 e. The van der Waals surface area contributed by atoms with E-state index in [0.717, 1.165) is 10.0 Å². The molecule has 0 spiro atoms. The van der Waals surface area contributed by atoms with Crippen LogP contribution in [0.1, 0.15) is 34.8 Å². The lowest BCUT2D eigenvalue weighted by Crippen LogP contribution is -2.49. The minimum Gasteiger partial charge on any atom is -0.497 e. The summed E-state index contributed by atoms with van der Waals surface area (Å²) in [6, 6.07) is 28.7. The Morgan fingerprint density at radius 1 is 1.02 bits per heavy atom. The van der Waals surface area contributed by atoms with E-state index in [4.69, 9.17) is 24.3 Å². The van der Waals surface area contributed by atoms with Crippen LogP contribution in [0.4, 0.5) is 4.39 Å². The molecular weight excluding hydrogens is 615 g/mol. The molecule has 4 aromatic rings. The van der Waals surface area contributed by atoms with Gasteiger partial charge in [-0.3, -0.25) is 4.79 Å². The Labute approximate surface area is 258 Å². The molecule has 1 aliphatic rings. The Balaban J connectivity index is 1.57. The van der Waals surface area contributed by atoms with E-state index in [1.165, 1.54) is 6.07 Å². The normalized spacial score (nSPS) is 17.6. The molecule has 5 rings (SSSR count). The molecule has 0 saturated heterocycles. The average molecular weight is 648 g/mol. The van der Waals surface area contributed by atoms with Gasteiger partial charge in [-0.05, 0) is 65.7 Å². The van der Waals surface area contributed by atoms with Crippen molar-refractivity contribution in [1.29, 1.82) is 0 Å². The van der Waals surface area contributed by atoms with Crippen molar-refractivity contribution in [3.63, 3.8) is 0 Å². The molecule has 1 amide bonds. The number of benzene rings is 4. The van der Waals surface area contributed by atoms with Crippen LogP contribution in [0.5, 0.6) is 11.5 Å². The van der Waals surface area contributed by atoms with Crippen LogP contribution >= 0.6 is 15.9 Å². The molecule has 4 aromatic carbocycles. The van der Waals surface area contributed by atoms with E-state index in [1.807, 2.05) is 60.7 Å². The van der Waals surface area contributed by atoms with Crippen LogP contribution in [0.15, 0.2) is 107 Å². The van der Waals surface area contributed by atoms with Gasteiger partial charge in [0.05, 0.1) is 13.7 Å². The van der Waals surface area contributed by atoms with Crippen LogP contribution in [-0.2, 0) is 22.5 Å². The third-order valence-electron chi connectivity index (χ3n) is 7.21. The number of rotatable bonds is 12. The highest BCUT2D eigenvalue weighted by Gasteiger charge is 2.53. The molecule has 0 aromatic heterocycles. The Bertz CT molecular complexity index is 1580. The number of amides is 1. The zero-order valence-corrected chi connectivity index (χ0v) is 25.2. The summed E-state index contributed by atoms with van der Waals surface area (Å²) in [5.41, 5.74) is 1.19. The molecule has 0 radical (unpaired) electrons. The fourth-order valence-electron chi connectivity index (χ4n) is 4.97. The molecule has 2 N–H and O–H groups in total. The van der Waals surface area contributed by atoms with Gasteiger partial charge in [-0.2, -0.15) is 0 Å². The Morgan fingerprint density at radius 3 is 2.51 bits per heavy atom. The topological polar surface area (TPSA) is 89.4 Å². The summed E-state index contributed by atoms with van der Waals surface area (Å²) >= 11 is 3.48. The summed E-state index contributed by atoms with van der Waals surface area (Å²) in [5, 5.41) is 12.0. The lowest BCUT2D eigenvalue weighted by Gasteiger charge is -2.31. The molecule has 0 unspecified atom stereocenters. The Morgan fingerprint density at radius 2 is 1.79 bits per heavy atom. The summed E-state index contributed by atoms with van der Waals surface area (Å²) in [6.07, 6.45) is -0.0698. The van der Waals surface area contributed by atoms with E-state index in [-0.39, 0.29) is 19.6 Å². The van der Waals surface area contributed by atoms with Gasteiger partial charge in [-0.25, -0.2) is 9.38 Å². The second kappa shape index (κ2) is 13.8. The van der Waals surface area contributed by atoms with Gasteiger partial charge in [-0.1, -0.05) is 58.4 Å². The number of nitrogens with zero attached hydrogens (tertiary/aromatic N) is 1. The number of nitrogens with one attached hydrogen (secondary N) is 1. The zero-order valence-electron chi connectivity index (χ0n) is 23.6. The second-order valence-corrected chi connectivity index (χ2v) is 11.1. The molecule has 0 bridgehead atoms. The van der Waals surface area contributed by atoms with Gasteiger partial charge in [0.1, 0.15) is 17.3 Å². The number of aliphatic hydroxyl groups excluding tert-OH is 1. The number of carbonyl (C=O) groups is 1. The van der Waals surface area contributed by atoms with Crippen molar-refractivity contribution in [1.82, 2.24) is 5.32 Å². The minimum atomic E-state index is -1.43. The SMILES string of the molecule is COc1cccc([C@H]2OC(c3ccc(OCCCO)cc3)=N[C@@]2(Cc2ccc(Br)cc2)C(=O)NCc2ccccc2F)c1. The van der Waals surface area contributed by atoms with Gasteiger partial charge >= 0.3 is 0 Å². The predicted octanol–water partition coefficient (Wildman–Crippen LogP) is 6.17. The van der Waals surface area contributed by atoms with E-state index in [0.29, 0.717) is 47.1 Å². The third kappa shape index (κ3) is 7.06. The Hall–Kier alpha value is -4.21. The summed E-state index contributed by atoms with van der Waals surface area (Å²) in [6.45, 7) is 0.431. The maximum absolute atomic E-state index is 14.5. The summed E-state index contributed by atoms with van der Waals surface area (Å²) in [4.78, 5) is 19.4. The summed E-state index contributed by atoms with van der Waals surface area (Å²) in [5.74, 6) is 0.757. The quantitative estimate of drug-likeness (QED) is 0.180. The lowest BCUT2D eigenvalue weighted by atomic mass is 9.82. The zero-order chi connectivity index (χ0) is 30.2. The van der Waals surface area contributed by atoms with E-state index < -0.39 is 23.4 Å². The first-order valence-electron chi connectivity index (χ1n) is 13.9. The van der Waals surface area contributed by atoms with Gasteiger partial charge in [0.15, 0.2) is 11.6 Å². The van der Waals surface area contributed by atoms with Gasteiger partial charge in [0.2, 0.25) is 5.90 Å². The number of aliphatic hydroxyl groups is 1. The molecule has 0 aliphatic carbocycles. The molecule has 43 heavy (non-hydrogen) atoms. The van der Waals surface area contributed by atoms with Crippen molar-refractivity contribution in [3.8, 4) is 11.5 Å². The van der Waals surface area contributed by atoms with Gasteiger partial charge < -0.3 is 24.6 Å². The van der Waals surface area contributed by atoms with Crippen molar-refractivity contribution in [3.05, 3.63) is 130 Å². The molecule has 2 atom stereocenters. The molecule has 7 nitrogen and oxygen atoms in total. The van der Waals surface area contributed by atoms with Crippen LogP contribution in [0, 0.1) is 5.82 Å². The van der Waals surface area contributed by atoms with E-state index in [2.05, 4.69) is 21.2 Å². The molecule has 9 heteroatoms. The first kappa shape index (κ1) is 30.3. The highest BCUT2D eigenvalue weighted by molar-refractivity contribution is 9.10. The van der Waals surface area contributed by atoms with Crippen molar-refractivity contribution >= 4 is 27.7 Å². The van der Waals surface area contributed by atoms with Crippen LogP contribution < -0.4 is 14.8 Å². The molecule has 222 valence electrons. The number of hydrogen-bond acceptors (Lipinski definition) is 6. The van der Waals surface area contributed by atoms with Crippen molar-refractivity contribution in [2.75, 3.05) is 20.3 Å². The summed E-state index contributed by atoms with van der Waals surface area (Å²) in [7, 11) is 1.58. The fraction of sp³-hybridized carbons (Fsp3) is 0.235. The van der Waals surface area contributed by atoms with Crippen molar-refractivity contribution in [2.45, 2.75) is 31.0 Å². The van der Waals surface area contributed by atoms with E-state index in [9.17, 15) is 9.18 Å². The number of halogens is 2. The number of methoxy groups -OCH3 is 1. The van der Waals surface area contributed by atoms with Gasteiger partial charge in [0.25, 0.3) is 5.91 Å². The molecule has 0 fully saturated rings. The van der Waals surface area contributed by atoms with Crippen LogP contribution in [0.3, 0.4) is 0 Å². The highest BCUT2D eigenvalue weighted by Crippen LogP contribution is 2.43. The number of aliphatic imine (C=N–C) groups is 1. The standard InChI is InChI=1S/C34H32BrFN2O5/c1-41-29-8-4-7-25(20-29)31-34(21-23-10-14-27(35)15-11-23,33(40)37-22-26-6-2-3-9-30(26)36)38-32(43-31)24-12-16-28(17-13-24)42-19-5-18-39/h2-4,6-17,20,31,39H,5,18-19,21-22H2,1H3,(H,37,40)/t31-,34-/m1/s1. The minimum absolute atomic E-state index is 0.0108. The van der Waals surface area contributed by atoms with Gasteiger partial charge in [0, 0.05) is 41.6 Å². The van der Waals surface area contributed by atoms with Gasteiger partial charge in [-0.15, -0.1) is 0 Å².